The molecule has 0 saturated heterocycles. The molecule has 6 nitrogen and oxygen atoms in total. The molecule has 144 valence electrons. The summed E-state index contributed by atoms with van der Waals surface area (Å²) in [5.74, 6) is 1.78. The molecule has 3 aromatic carbocycles. The smallest absolute Gasteiger partial charge is 0.242 e. The molecule has 0 unspecified atom stereocenters. The van der Waals surface area contributed by atoms with Crippen molar-refractivity contribution in [3.8, 4) is 17.2 Å². The van der Waals surface area contributed by atoms with Gasteiger partial charge in [0.05, 0.1) is 5.69 Å². The summed E-state index contributed by atoms with van der Waals surface area (Å²) in [4.78, 5) is 0.185. The number of benzene rings is 3. The van der Waals surface area contributed by atoms with E-state index in [2.05, 4.69) is 10.0 Å². The molecule has 0 aliphatic carbocycles. The van der Waals surface area contributed by atoms with Gasteiger partial charge in [-0.2, -0.15) is 0 Å². The van der Waals surface area contributed by atoms with Gasteiger partial charge < -0.3 is 14.8 Å². The summed E-state index contributed by atoms with van der Waals surface area (Å²) in [5, 5.41) is 3.09. The highest BCUT2D eigenvalue weighted by Gasteiger charge is 2.22. The van der Waals surface area contributed by atoms with Crippen LogP contribution in [0.3, 0.4) is 0 Å². The highest BCUT2D eigenvalue weighted by molar-refractivity contribution is 7.89. The predicted octanol–water partition coefficient (Wildman–Crippen LogP) is 3.76. The third kappa shape index (κ3) is 4.27. The highest BCUT2D eigenvalue weighted by Crippen LogP contribution is 2.31. The molecule has 4 rings (SSSR count). The Bertz CT molecular complexity index is 1050. The maximum Gasteiger partial charge on any atom is 0.242 e. The van der Waals surface area contributed by atoms with E-state index in [1.165, 1.54) is 6.07 Å². The Hall–Kier alpha value is -3.03. The number of hydrogen-bond donors (Lipinski definition) is 2. The molecule has 2 N–H and O–H groups in total. The predicted molar refractivity (Wildman–Crippen MR) is 107 cm³/mol. The van der Waals surface area contributed by atoms with Crippen LogP contribution in [0, 0.1) is 0 Å². The van der Waals surface area contributed by atoms with Crippen molar-refractivity contribution in [2.24, 2.45) is 0 Å². The molecule has 0 spiro atoms. The van der Waals surface area contributed by atoms with Crippen molar-refractivity contribution in [1.29, 1.82) is 0 Å². The van der Waals surface area contributed by atoms with Crippen LogP contribution in [0.25, 0.3) is 0 Å². The van der Waals surface area contributed by atoms with Gasteiger partial charge in [0, 0.05) is 19.2 Å². The van der Waals surface area contributed by atoms with Crippen molar-refractivity contribution < 1.29 is 17.9 Å². The van der Waals surface area contributed by atoms with Gasteiger partial charge in [0.2, 0.25) is 10.0 Å². The van der Waals surface area contributed by atoms with Crippen LogP contribution in [0.1, 0.15) is 5.56 Å². The van der Waals surface area contributed by atoms with Crippen molar-refractivity contribution in [2.45, 2.75) is 11.5 Å². The van der Waals surface area contributed by atoms with Gasteiger partial charge in [0.1, 0.15) is 28.8 Å². The quantitative estimate of drug-likeness (QED) is 0.687. The Kier molecular flexibility index (Phi) is 5.18. The molecule has 0 saturated carbocycles. The molecule has 0 fully saturated rings. The van der Waals surface area contributed by atoms with E-state index in [-0.39, 0.29) is 4.90 Å². The maximum absolute atomic E-state index is 12.3. The number of sulfonamides is 1. The van der Waals surface area contributed by atoms with E-state index in [0.29, 0.717) is 36.9 Å². The Morgan fingerprint density at radius 3 is 2.32 bits per heavy atom. The van der Waals surface area contributed by atoms with Gasteiger partial charge in [-0.3, -0.25) is 0 Å². The second kappa shape index (κ2) is 7.92. The minimum absolute atomic E-state index is 0.185. The van der Waals surface area contributed by atoms with Crippen LogP contribution in [-0.2, 0) is 16.6 Å². The van der Waals surface area contributed by atoms with Gasteiger partial charge >= 0.3 is 0 Å². The maximum atomic E-state index is 12.3. The molecule has 1 aliphatic heterocycles. The van der Waals surface area contributed by atoms with E-state index in [1.807, 2.05) is 42.5 Å². The molecular formula is C21H20N2O4S. The SMILES string of the molecule is O=S1(=O)NCCNc2ccc(Oc3ccc(OCc4ccccc4)cc3)cc21. The lowest BCUT2D eigenvalue weighted by Crippen LogP contribution is -2.25. The summed E-state index contributed by atoms with van der Waals surface area (Å²) in [6.07, 6.45) is 0. The number of anilines is 1. The normalized spacial score (nSPS) is 15.0. The average molecular weight is 396 g/mol. The topological polar surface area (TPSA) is 76.7 Å². The Labute approximate surface area is 164 Å². The minimum atomic E-state index is -3.55. The van der Waals surface area contributed by atoms with Crippen LogP contribution in [0.4, 0.5) is 5.69 Å². The van der Waals surface area contributed by atoms with Crippen LogP contribution in [-0.4, -0.2) is 21.5 Å². The van der Waals surface area contributed by atoms with Crippen LogP contribution in [0.2, 0.25) is 0 Å². The van der Waals surface area contributed by atoms with Crippen LogP contribution in [0.5, 0.6) is 17.2 Å². The third-order valence-electron chi connectivity index (χ3n) is 4.28. The molecule has 0 radical (unpaired) electrons. The lowest BCUT2D eigenvalue weighted by molar-refractivity contribution is 0.306. The van der Waals surface area contributed by atoms with Crippen molar-refractivity contribution in [3.05, 3.63) is 78.4 Å². The third-order valence-corrected chi connectivity index (χ3v) is 5.78. The summed E-state index contributed by atoms with van der Waals surface area (Å²) >= 11 is 0. The average Bonchev–Trinajstić information content (AvgIpc) is 2.86. The molecule has 1 heterocycles. The molecule has 3 aromatic rings. The van der Waals surface area contributed by atoms with E-state index in [0.717, 1.165) is 11.3 Å². The van der Waals surface area contributed by atoms with Crippen LogP contribution >= 0.6 is 0 Å². The molecule has 7 heteroatoms. The fourth-order valence-corrected chi connectivity index (χ4v) is 4.10. The summed E-state index contributed by atoms with van der Waals surface area (Å²) < 4.78 is 38.7. The number of nitrogens with one attached hydrogen (secondary N) is 2. The van der Waals surface area contributed by atoms with Crippen LogP contribution in [0.15, 0.2) is 77.7 Å². The molecule has 0 atom stereocenters. The zero-order valence-electron chi connectivity index (χ0n) is 15.1. The fourth-order valence-electron chi connectivity index (χ4n) is 2.88. The first-order valence-electron chi connectivity index (χ1n) is 8.92. The molecule has 0 bridgehead atoms. The lowest BCUT2D eigenvalue weighted by Gasteiger charge is -2.11. The van der Waals surface area contributed by atoms with Crippen molar-refractivity contribution in [1.82, 2.24) is 4.72 Å². The standard InChI is InChI=1S/C21H20N2O4S/c24-28(25)21-14-19(10-11-20(21)22-12-13-23-28)27-18-8-6-17(7-9-18)26-15-16-4-2-1-3-5-16/h1-11,14,22-23H,12-13,15H2. The first-order chi connectivity index (χ1) is 13.6. The van der Waals surface area contributed by atoms with Crippen molar-refractivity contribution in [2.75, 3.05) is 18.4 Å². The summed E-state index contributed by atoms with van der Waals surface area (Å²) in [6, 6.07) is 22.1. The first kappa shape index (κ1) is 18.3. The molecular weight excluding hydrogens is 376 g/mol. The van der Waals surface area contributed by atoms with Gasteiger partial charge in [0.15, 0.2) is 0 Å². The summed E-state index contributed by atoms with van der Waals surface area (Å²) in [7, 11) is -3.55. The number of rotatable bonds is 5. The minimum Gasteiger partial charge on any atom is -0.489 e. The molecule has 0 amide bonds. The number of ether oxygens (including phenoxy) is 2. The van der Waals surface area contributed by atoms with Gasteiger partial charge in [-0.15, -0.1) is 0 Å². The van der Waals surface area contributed by atoms with Gasteiger partial charge in [-0.05, 0) is 42.0 Å². The van der Waals surface area contributed by atoms with E-state index in [9.17, 15) is 8.42 Å². The Balaban J connectivity index is 1.45. The van der Waals surface area contributed by atoms with Gasteiger partial charge in [-0.1, -0.05) is 30.3 Å². The molecule has 28 heavy (non-hydrogen) atoms. The van der Waals surface area contributed by atoms with Gasteiger partial charge in [0.25, 0.3) is 0 Å². The van der Waals surface area contributed by atoms with Crippen molar-refractivity contribution >= 4 is 15.7 Å². The van der Waals surface area contributed by atoms with E-state index in [1.54, 1.807) is 24.3 Å². The van der Waals surface area contributed by atoms with E-state index < -0.39 is 10.0 Å². The monoisotopic (exact) mass is 396 g/mol. The zero-order chi connectivity index (χ0) is 19.4. The Morgan fingerprint density at radius 2 is 1.54 bits per heavy atom. The van der Waals surface area contributed by atoms with E-state index in [4.69, 9.17) is 9.47 Å². The first-order valence-corrected chi connectivity index (χ1v) is 10.4. The Morgan fingerprint density at radius 1 is 0.821 bits per heavy atom. The summed E-state index contributed by atoms with van der Waals surface area (Å²) in [6.45, 7) is 1.37. The molecule has 1 aliphatic rings. The summed E-state index contributed by atoms with van der Waals surface area (Å²) in [5.41, 5.74) is 1.67. The largest absolute Gasteiger partial charge is 0.489 e. The molecule has 0 aromatic heterocycles. The number of hydrogen-bond acceptors (Lipinski definition) is 5. The lowest BCUT2D eigenvalue weighted by atomic mass is 10.2. The second-order valence-corrected chi connectivity index (χ2v) is 8.07. The highest BCUT2D eigenvalue weighted by atomic mass is 32.2. The van der Waals surface area contributed by atoms with E-state index >= 15 is 0 Å². The van der Waals surface area contributed by atoms with Gasteiger partial charge in [-0.25, -0.2) is 13.1 Å². The second-order valence-electron chi connectivity index (χ2n) is 6.33. The number of fused-ring (bicyclic) bond motifs is 1. The van der Waals surface area contributed by atoms with Crippen LogP contribution < -0.4 is 19.5 Å². The fraction of sp³-hybridized carbons (Fsp3) is 0.143. The zero-order valence-corrected chi connectivity index (χ0v) is 15.9. The van der Waals surface area contributed by atoms with Crippen molar-refractivity contribution in [3.63, 3.8) is 0 Å².